The molecule has 1 aliphatic heterocycles. The van der Waals surface area contributed by atoms with Gasteiger partial charge in [-0.1, -0.05) is 6.92 Å². The zero-order chi connectivity index (χ0) is 14.0. The Morgan fingerprint density at radius 3 is 2.74 bits per heavy atom. The molecule has 4 nitrogen and oxygen atoms in total. The van der Waals surface area contributed by atoms with Crippen molar-refractivity contribution >= 4 is 11.4 Å². The number of rotatable bonds is 3. The Labute approximate surface area is 115 Å². The Morgan fingerprint density at radius 2 is 2.16 bits per heavy atom. The predicted octanol–water partition coefficient (Wildman–Crippen LogP) is 1.72. The second-order valence-electron chi connectivity index (χ2n) is 5.63. The number of hydrogen-bond donors (Lipinski definition) is 1. The molecule has 1 aromatic rings. The summed E-state index contributed by atoms with van der Waals surface area (Å²) in [4.78, 5) is 4.67. The Bertz CT molecular complexity index is 489. The fourth-order valence-corrected chi connectivity index (χ4v) is 2.86. The van der Waals surface area contributed by atoms with E-state index in [-0.39, 0.29) is 0 Å². The fraction of sp³-hybridized carbons (Fsp3) is 0.533. The molecule has 0 saturated carbocycles. The number of hydrogen-bond acceptors (Lipinski definition) is 4. The quantitative estimate of drug-likeness (QED) is 0.839. The number of anilines is 2. The van der Waals surface area contributed by atoms with Crippen molar-refractivity contribution in [1.82, 2.24) is 4.90 Å². The minimum Gasteiger partial charge on any atom is -0.398 e. The van der Waals surface area contributed by atoms with Crippen LogP contribution in [-0.4, -0.2) is 38.1 Å². The maximum absolute atomic E-state index is 8.83. The average Bonchev–Trinajstić information content (AvgIpc) is 2.74. The minimum atomic E-state index is 0.375. The summed E-state index contributed by atoms with van der Waals surface area (Å²) in [6.45, 7) is 4.38. The van der Waals surface area contributed by atoms with E-state index in [1.165, 1.54) is 5.69 Å². The van der Waals surface area contributed by atoms with Crippen LogP contribution in [0.5, 0.6) is 0 Å². The first kappa shape index (κ1) is 13.7. The van der Waals surface area contributed by atoms with E-state index in [2.05, 4.69) is 49.0 Å². The van der Waals surface area contributed by atoms with Crippen molar-refractivity contribution in [1.29, 1.82) is 5.26 Å². The van der Waals surface area contributed by atoms with Crippen LogP contribution in [0.2, 0.25) is 0 Å². The van der Waals surface area contributed by atoms with Gasteiger partial charge in [-0.2, -0.15) is 5.26 Å². The topological polar surface area (TPSA) is 56.3 Å². The molecular formula is C15H22N4. The van der Waals surface area contributed by atoms with Crippen LogP contribution in [0.4, 0.5) is 11.4 Å². The molecule has 0 aromatic heterocycles. The zero-order valence-corrected chi connectivity index (χ0v) is 11.9. The Morgan fingerprint density at radius 1 is 1.42 bits per heavy atom. The van der Waals surface area contributed by atoms with Crippen LogP contribution >= 0.6 is 0 Å². The van der Waals surface area contributed by atoms with E-state index in [0.29, 0.717) is 24.1 Å². The molecule has 2 rings (SSSR count). The van der Waals surface area contributed by atoms with Gasteiger partial charge in [-0.3, -0.25) is 0 Å². The third-order valence-corrected chi connectivity index (χ3v) is 4.00. The van der Waals surface area contributed by atoms with Gasteiger partial charge in [0.2, 0.25) is 0 Å². The molecule has 0 radical (unpaired) electrons. The molecule has 1 fully saturated rings. The molecule has 0 amide bonds. The van der Waals surface area contributed by atoms with E-state index in [9.17, 15) is 0 Å². The summed E-state index contributed by atoms with van der Waals surface area (Å²) >= 11 is 0. The van der Waals surface area contributed by atoms with Crippen molar-refractivity contribution in [3.63, 3.8) is 0 Å². The number of nitrogen functional groups attached to an aromatic ring is 1. The smallest absolute Gasteiger partial charge is 0.0670 e. The van der Waals surface area contributed by atoms with Gasteiger partial charge in [0.25, 0.3) is 0 Å². The lowest BCUT2D eigenvalue weighted by molar-refractivity contribution is 0.266. The van der Waals surface area contributed by atoms with Crippen molar-refractivity contribution < 1.29 is 0 Å². The van der Waals surface area contributed by atoms with Gasteiger partial charge in [0.1, 0.15) is 0 Å². The predicted molar refractivity (Wildman–Crippen MR) is 79.0 cm³/mol. The van der Waals surface area contributed by atoms with Crippen LogP contribution in [-0.2, 0) is 6.42 Å². The molecule has 1 aromatic carbocycles. The Balaban J connectivity index is 2.20. The van der Waals surface area contributed by atoms with Gasteiger partial charge in [0, 0.05) is 30.5 Å². The molecule has 1 aliphatic rings. The molecular weight excluding hydrogens is 236 g/mol. The van der Waals surface area contributed by atoms with Crippen molar-refractivity contribution in [3.05, 3.63) is 23.8 Å². The molecule has 102 valence electrons. The molecule has 2 N–H and O–H groups in total. The van der Waals surface area contributed by atoms with Gasteiger partial charge >= 0.3 is 0 Å². The summed E-state index contributed by atoms with van der Waals surface area (Å²) in [5.74, 6) is 0.645. The highest BCUT2D eigenvalue weighted by molar-refractivity contribution is 5.59. The summed E-state index contributed by atoms with van der Waals surface area (Å²) in [6, 6.07) is 8.78. The van der Waals surface area contributed by atoms with Crippen LogP contribution in [0.1, 0.15) is 12.5 Å². The van der Waals surface area contributed by atoms with Gasteiger partial charge in [0.05, 0.1) is 12.5 Å². The van der Waals surface area contributed by atoms with Gasteiger partial charge in [0.15, 0.2) is 0 Å². The van der Waals surface area contributed by atoms with E-state index in [1.807, 2.05) is 6.07 Å². The van der Waals surface area contributed by atoms with Gasteiger partial charge in [-0.05, 0) is 43.8 Å². The molecule has 1 saturated heterocycles. The molecule has 19 heavy (non-hydrogen) atoms. The summed E-state index contributed by atoms with van der Waals surface area (Å²) in [5.41, 5.74) is 8.72. The highest BCUT2D eigenvalue weighted by Crippen LogP contribution is 2.28. The SMILES string of the molecule is CC1CN(c2ccc(N)c(CC#N)c2)CC1N(C)C. The first-order valence-electron chi connectivity index (χ1n) is 6.69. The first-order valence-corrected chi connectivity index (χ1v) is 6.69. The van der Waals surface area contributed by atoms with Gasteiger partial charge in [-0.15, -0.1) is 0 Å². The van der Waals surface area contributed by atoms with Crippen LogP contribution in [0.25, 0.3) is 0 Å². The number of nitrogens with zero attached hydrogens (tertiary/aromatic N) is 3. The summed E-state index contributed by atoms with van der Waals surface area (Å²) in [6.07, 6.45) is 0.375. The lowest BCUT2D eigenvalue weighted by Gasteiger charge is -2.23. The molecule has 0 aliphatic carbocycles. The van der Waals surface area contributed by atoms with Crippen LogP contribution < -0.4 is 10.6 Å². The molecule has 2 atom stereocenters. The molecule has 4 heteroatoms. The highest BCUT2D eigenvalue weighted by Gasteiger charge is 2.31. The maximum atomic E-state index is 8.83. The Hall–Kier alpha value is -1.73. The fourth-order valence-electron chi connectivity index (χ4n) is 2.86. The van der Waals surface area contributed by atoms with E-state index in [1.54, 1.807) is 0 Å². The maximum Gasteiger partial charge on any atom is 0.0670 e. The van der Waals surface area contributed by atoms with E-state index >= 15 is 0 Å². The van der Waals surface area contributed by atoms with Crippen LogP contribution in [0.3, 0.4) is 0 Å². The van der Waals surface area contributed by atoms with Crippen molar-refractivity contribution in [3.8, 4) is 6.07 Å². The lowest BCUT2D eigenvalue weighted by Crippen LogP contribution is -2.34. The number of nitrogens with two attached hydrogens (primary N) is 1. The minimum absolute atomic E-state index is 0.375. The summed E-state index contributed by atoms with van der Waals surface area (Å²) in [7, 11) is 4.27. The summed E-state index contributed by atoms with van der Waals surface area (Å²) < 4.78 is 0. The van der Waals surface area contributed by atoms with E-state index < -0.39 is 0 Å². The average molecular weight is 258 g/mol. The highest BCUT2D eigenvalue weighted by atomic mass is 15.2. The largest absolute Gasteiger partial charge is 0.398 e. The van der Waals surface area contributed by atoms with Crippen LogP contribution in [0, 0.1) is 17.2 Å². The number of likely N-dealkylation sites (N-methyl/N-ethyl adjacent to an activating group) is 1. The standard InChI is InChI=1S/C15H22N4/c1-11-9-19(10-15(11)18(2)3)13-4-5-14(17)12(8-13)6-7-16/h4-5,8,11,15H,6,9-10,17H2,1-3H3. The lowest BCUT2D eigenvalue weighted by atomic mass is 10.1. The van der Waals surface area contributed by atoms with Crippen molar-refractivity contribution in [2.24, 2.45) is 5.92 Å². The number of benzene rings is 1. The van der Waals surface area contributed by atoms with Gasteiger partial charge in [-0.25, -0.2) is 0 Å². The summed E-state index contributed by atoms with van der Waals surface area (Å²) in [5, 5.41) is 8.83. The van der Waals surface area contributed by atoms with E-state index in [0.717, 1.165) is 18.7 Å². The third-order valence-electron chi connectivity index (χ3n) is 4.00. The Kier molecular flexibility index (Phi) is 3.96. The first-order chi connectivity index (χ1) is 9.02. The normalized spacial score (nSPS) is 22.8. The van der Waals surface area contributed by atoms with Crippen molar-refractivity contribution in [2.45, 2.75) is 19.4 Å². The van der Waals surface area contributed by atoms with Crippen LogP contribution in [0.15, 0.2) is 18.2 Å². The van der Waals surface area contributed by atoms with Gasteiger partial charge < -0.3 is 15.5 Å². The number of nitriles is 1. The third kappa shape index (κ3) is 2.82. The monoisotopic (exact) mass is 258 g/mol. The second kappa shape index (κ2) is 5.50. The molecule has 1 heterocycles. The molecule has 2 unspecified atom stereocenters. The molecule has 0 spiro atoms. The molecule has 0 bridgehead atoms. The second-order valence-corrected chi connectivity index (χ2v) is 5.63. The zero-order valence-electron chi connectivity index (χ0n) is 11.9. The van der Waals surface area contributed by atoms with Crippen molar-refractivity contribution in [2.75, 3.05) is 37.8 Å². The van der Waals surface area contributed by atoms with E-state index in [4.69, 9.17) is 11.0 Å².